The minimum atomic E-state index is 0.419. The normalized spacial score (nSPS) is 10.4. The van der Waals surface area contributed by atoms with Crippen LogP contribution in [0.15, 0.2) is 29.1 Å². The van der Waals surface area contributed by atoms with Gasteiger partial charge in [0, 0.05) is 13.3 Å². The zero-order chi connectivity index (χ0) is 9.80. The maximum atomic E-state index is 5.08. The smallest absolute Gasteiger partial charge is 0.264 e. The van der Waals surface area contributed by atoms with Crippen LogP contribution in [0, 0.1) is 0 Å². The third-order valence-corrected chi connectivity index (χ3v) is 1.63. The van der Waals surface area contributed by atoms with Crippen molar-refractivity contribution < 1.29 is 9.15 Å². The largest absolute Gasteiger partial charge is 0.442 e. The molecule has 0 aliphatic heterocycles. The molecular formula is C9H9N3O2. The molecule has 2 aromatic rings. The SMILES string of the molecule is COCc1ccnc(-c2ncco2)n1. The summed E-state index contributed by atoms with van der Waals surface area (Å²) in [7, 11) is 1.62. The maximum absolute atomic E-state index is 5.08. The molecule has 0 aliphatic carbocycles. The van der Waals surface area contributed by atoms with Crippen LogP contribution < -0.4 is 0 Å². The average Bonchev–Trinajstić information content (AvgIpc) is 2.71. The van der Waals surface area contributed by atoms with Gasteiger partial charge in [-0.05, 0) is 6.07 Å². The van der Waals surface area contributed by atoms with E-state index in [9.17, 15) is 0 Å². The fraction of sp³-hybridized carbons (Fsp3) is 0.222. The molecule has 2 rings (SSSR count). The lowest BCUT2D eigenvalue weighted by molar-refractivity contribution is 0.181. The van der Waals surface area contributed by atoms with Crippen LogP contribution in [0.3, 0.4) is 0 Å². The minimum absolute atomic E-state index is 0.419. The molecule has 0 amide bonds. The van der Waals surface area contributed by atoms with Gasteiger partial charge in [-0.25, -0.2) is 15.0 Å². The molecule has 0 radical (unpaired) electrons. The summed E-state index contributed by atoms with van der Waals surface area (Å²) in [6, 6.07) is 1.79. The van der Waals surface area contributed by atoms with Crippen molar-refractivity contribution in [2.45, 2.75) is 6.61 Å². The molecular weight excluding hydrogens is 182 g/mol. The van der Waals surface area contributed by atoms with E-state index in [0.29, 0.717) is 18.3 Å². The van der Waals surface area contributed by atoms with Crippen molar-refractivity contribution >= 4 is 0 Å². The van der Waals surface area contributed by atoms with Crippen molar-refractivity contribution in [2.75, 3.05) is 7.11 Å². The molecule has 72 valence electrons. The van der Waals surface area contributed by atoms with Crippen molar-refractivity contribution in [1.82, 2.24) is 15.0 Å². The summed E-state index contributed by atoms with van der Waals surface area (Å²) in [5.41, 5.74) is 0.802. The summed E-state index contributed by atoms with van der Waals surface area (Å²) in [5.74, 6) is 0.896. The standard InChI is InChI=1S/C9H9N3O2/c1-13-6-7-2-3-10-8(12-7)9-11-4-5-14-9/h2-5H,6H2,1H3. The fourth-order valence-corrected chi connectivity index (χ4v) is 1.06. The molecule has 2 heterocycles. The lowest BCUT2D eigenvalue weighted by Gasteiger charge is -1.99. The summed E-state index contributed by atoms with van der Waals surface area (Å²) >= 11 is 0. The molecule has 0 aliphatic rings. The van der Waals surface area contributed by atoms with Gasteiger partial charge in [0.1, 0.15) is 6.26 Å². The topological polar surface area (TPSA) is 61.0 Å². The molecule has 0 unspecified atom stereocenters. The number of hydrogen-bond donors (Lipinski definition) is 0. The van der Waals surface area contributed by atoms with E-state index >= 15 is 0 Å². The molecule has 0 atom stereocenters. The van der Waals surface area contributed by atoms with Crippen LogP contribution in [0.5, 0.6) is 0 Å². The Balaban J connectivity index is 2.31. The van der Waals surface area contributed by atoms with Gasteiger partial charge in [-0.3, -0.25) is 0 Å². The predicted octanol–water partition coefficient (Wildman–Crippen LogP) is 1.28. The Labute approximate surface area is 80.8 Å². The Kier molecular flexibility index (Phi) is 2.51. The number of ether oxygens (including phenoxy) is 1. The Morgan fingerprint density at radius 3 is 3.00 bits per heavy atom. The number of hydrogen-bond acceptors (Lipinski definition) is 5. The van der Waals surface area contributed by atoms with E-state index in [2.05, 4.69) is 15.0 Å². The molecule has 0 saturated carbocycles. The quantitative estimate of drug-likeness (QED) is 0.731. The number of oxazole rings is 1. The van der Waals surface area contributed by atoms with Gasteiger partial charge in [0.05, 0.1) is 18.5 Å². The number of nitrogens with zero attached hydrogens (tertiary/aromatic N) is 3. The van der Waals surface area contributed by atoms with E-state index in [0.717, 1.165) is 5.69 Å². The molecule has 5 nitrogen and oxygen atoms in total. The number of aromatic nitrogens is 3. The zero-order valence-electron chi connectivity index (χ0n) is 7.67. The third-order valence-electron chi connectivity index (χ3n) is 1.63. The predicted molar refractivity (Wildman–Crippen MR) is 48.2 cm³/mol. The summed E-state index contributed by atoms with van der Waals surface area (Å²) < 4.78 is 10.0. The highest BCUT2D eigenvalue weighted by Gasteiger charge is 2.05. The van der Waals surface area contributed by atoms with Crippen LogP contribution >= 0.6 is 0 Å². The lowest BCUT2D eigenvalue weighted by atomic mass is 10.4. The van der Waals surface area contributed by atoms with Crippen LogP contribution in [-0.4, -0.2) is 22.1 Å². The Bertz CT molecular complexity index is 400. The Morgan fingerprint density at radius 1 is 1.36 bits per heavy atom. The molecule has 5 heteroatoms. The van der Waals surface area contributed by atoms with Crippen molar-refractivity contribution in [1.29, 1.82) is 0 Å². The molecule has 2 aromatic heterocycles. The van der Waals surface area contributed by atoms with E-state index in [4.69, 9.17) is 9.15 Å². The first-order valence-electron chi connectivity index (χ1n) is 4.11. The molecule has 0 bridgehead atoms. The summed E-state index contributed by atoms with van der Waals surface area (Å²) in [4.78, 5) is 12.2. The highest BCUT2D eigenvalue weighted by Crippen LogP contribution is 2.11. The van der Waals surface area contributed by atoms with E-state index in [1.54, 1.807) is 25.6 Å². The first-order chi connectivity index (χ1) is 6.90. The first kappa shape index (κ1) is 8.83. The number of methoxy groups -OCH3 is 1. The zero-order valence-corrected chi connectivity index (χ0v) is 7.67. The summed E-state index contributed by atoms with van der Waals surface area (Å²) in [5, 5.41) is 0. The van der Waals surface area contributed by atoms with Gasteiger partial charge in [-0.15, -0.1) is 0 Å². The molecule has 0 fully saturated rings. The minimum Gasteiger partial charge on any atom is -0.442 e. The van der Waals surface area contributed by atoms with Gasteiger partial charge in [0.15, 0.2) is 0 Å². The van der Waals surface area contributed by atoms with Gasteiger partial charge in [0.25, 0.3) is 5.89 Å². The Hall–Kier alpha value is -1.75. The van der Waals surface area contributed by atoms with E-state index < -0.39 is 0 Å². The molecule has 14 heavy (non-hydrogen) atoms. The molecule has 0 saturated heterocycles. The molecule has 0 aromatic carbocycles. The van der Waals surface area contributed by atoms with Crippen LogP contribution in [0.4, 0.5) is 0 Å². The number of rotatable bonds is 3. The van der Waals surface area contributed by atoms with E-state index in [1.165, 1.54) is 6.26 Å². The summed E-state index contributed by atoms with van der Waals surface area (Å²) in [6.07, 6.45) is 4.70. The molecule has 0 spiro atoms. The van der Waals surface area contributed by atoms with Crippen molar-refractivity contribution in [2.24, 2.45) is 0 Å². The van der Waals surface area contributed by atoms with E-state index in [1.807, 2.05) is 0 Å². The van der Waals surface area contributed by atoms with Gasteiger partial charge in [0.2, 0.25) is 5.82 Å². The Morgan fingerprint density at radius 2 is 2.29 bits per heavy atom. The highest BCUT2D eigenvalue weighted by atomic mass is 16.5. The lowest BCUT2D eigenvalue weighted by Crippen LogP contribution is -1.96. The van der Waals surface area contributed by atoms with Crippen LogP contribution in [0.2, 0.25) is 0 Å². The monoisotopic (exact) mass is 191 g/mol. The van der Waals surface area contributed by atoms with Crippen LogP contribution in [0.25, 0.3) is 11.7 Å². The fourth-order valence-electron chi connectivity index (χ4n) is 1.06. The second-order valence-corrected chi connectivity index (χ2v) is 2.64. The van der Waals surface area contributed by atoms with Gasteiger partial charge in [-0.1, -0.05) is 0 Å². The van der Waals surface area contributed by atoms with Gasteiger partial charge in [-0.2, -0.15) is 0 Å². The second-order valence-electron chi connectivity index (χ2n) is 2.64. The van der Waals surface area contributed by atoms with Crippen molar-refractivity contribution in [3.63, 3.8) is 0 Å². The third kappa shape index (κ3) is 1.77. The van der Waals surface area contributed by atoms with Gasteiger partial charge < -0.3 is 9.15 Å². The maximum Gasteiger partial charge on any atom is 0.264 e. The first-order valence-corrected chi connectivity index (χ1v) is 4.11. The highest BCUT2D eigenvalue weighted by molar-refractivity contribution is 5.39. The summed E-state index contributed by atoms with van der Waals surface area (Å²) in [6.45, 7) is 0.455. The van der Waals surface area contributed by atoms with E-state index in [-0.39, 0.29) is 0 Å². The van der Waals surface area contributed by atoms with Crippen LogP contribution in [-0.2, 0) is 11.3 Å². The second kappa shape index (κ2) is 3.97. The average molecular weight is 191 g/mol. The van der Waals surface area contributed by atoms with Gasteiger partial charge >= 0.3 is 0 Å². The van der Waals surface area contributed by atoms with Crippen molar-refractivity contribution in [3.05, 3.63) is 30.4 Å². The molecule has 0 N–H and O–H groups in total. The van der Waals surface area contributed by atoms with Crippen LogP contribution in [0.1, 0.15) is 5.69 Å². The van der Waals surface area contributed by atoms with Crippen molar-refractivity contribution in [3.8, 4) is 11.7 Å².